The standard InChI is InChI=1S/C25H31N3/c1-5-11-28-23(17-27-12-10-21-8-6-7-9-22(21)16-27)15-24(26-28)25-19(3)13-18(2)14-20(25)4/h6-9,13-15H,5,10-12,16-17H2,1-4H3. The second-order valence-corrected chi connectivity index (χ2v) is 8.25. The Morgan fingerprint density at radius 2 is 1.68 bits per heavy atom. The zero-order chi connectivity index (χ0) is 19.7. The Labute approximate surface area is 169 Å². The number of benzene rings is 2. The summed E-state index contributed by atoms with van der Waals surface area (Å²) in [7, 11) is 0. The van der Waals surface area contributed by atoms with Crippen molar-refractivity contribution in [2.45, 2.75) is 60.2 Å². The van der Waals surface area contributed by atoms with Crippen LogP contribution in [0.3, 0.4) is 0 Å². The molecular formula is C25H31N3. The van der Waals surface area contributed by atoms with Crippen LogP contribution in [0.2, 0.25) is 0 Å². The first-order valence-electron chi connectivity index (χ1n) is 10.5. The zero-order valence-corrected chi connectivity index (χ0v) is 17.6. The third kappa shape index (κ3) is 3.77. The van der Waals surface area contributed by atoms with E-state index in [2.05, 4.69) is 79.7 Å². The van der Waals surface area contributed by atoms with Crippen molar-refractivity contribution < 1.29 is 0 Å². The van der Waals surface area contributed by atoms with E-state index in [1.165, 1.54) is 39.1 Å². The minimum absolute atomic E-state index is 0.964. The zero-order valence-electron chi connectivity index (χ0n) is 17.6. The lowest BCUT2D eigenvalue weighted by molar-refractivity contribution is 0.237. The van der Waals surface area contributed by atoms with E-state index in [1.807, 2.05) is 0 Å². The lowest BCUT2D eigenvalue weighted by atomic mass is 9.97. The number of hydrogen-bond acceptors (Lipinski definition) is 2. The van der Waals surface area contributed by atoms with Gasteiger partial charge in [-0.1, -0.05) is 48.9 Å². The third-order valence-electron chi connectivity index (χ3n) is 5.83. The summed E-state index contributed by atoms with van der Waals surface area (Å²) < 4.78 is 2.23. The van der Waals surface area contributed by atoms with Crippen LogP contribution in [-0.2, 0) is 26.1 Å². The van der Waals surface area contributed by atoms with Gasteiger partial charge in [0.1, 0.15) is 0 Å². The minimum atomic E-state index is 0.964. The maximum atomic E-state index is 5.02. The van der Waals surface area contributed by atoms with Crippen LogP contribution < -0.4 is 0 Å². The topological polar surface area (TPSA) is 21.1 Å². The minimum Gasteiger partial charge on any atom is -0.293 e. The molecule has 0 N–H and O–H groups in total. The van der Waals surface area contributed by atoms with E-state index in [-0.39, 0.29) is 0 Å². The molecule has 2 aromatic carbocycles. The summed E-state index contributed by atoms with van der Waals surface area (Å²) in [6.07, 6.45) is 2.24. The van der Waals surface area contributed by atoms with Crippen LogP contribution in [0.25, 0.3) is 11.3 Å². The largest absolute Gasteiger partial charge is 0.293 e. The van der Waals surface area contributed by atoms with Gasteiger partial charge in [-0.15, -0.1) is 0 Å². The molecule has 0 bridgehead atoms. The molecule has 3 nitrogen and oxygen atoms in total. The third-order valence-corrected chi connectivity index (χ3v) is 5.83. The van der Waals surface area contributed by atoms with Gasteiger partial charge in [-0.3, -0.25) is 9.58 Å². The molecule has 0 aliphatic carbocycles. The molecule has 0 saturated carbocycles. The average Bonchev–Trinajstić information content (AvgIpc) is 3.03. The van der Waals surface area contributed by atoms with Gasteiger partial charge in [0.15, 0.2) is 0 Å². The maximum Gasteiger partial charge on any atom is 0.0931 e. The Kier molecular flexibility index (Phi) is 5.36. The van der Waals surface area contributed by atoms with Gasteiger partial charge in [0, 0.05) is 31.7 Å². The van der Waals surface area contributed by atoms with E-state index >= 15 is 0 Å². The molecule has 0 atom stereocenters. The number of fused-ring (bicyclic) bond motifs is 1. The monoisotopic (exact) mass is 373 g/mol. The SMILES string of the molecule is CCCn1nc(-c2c(C)cc(C)cc2C)cc1CN1CCc2ccccc2C1. The van der Waals surface area contributed by atoms with Crippen LogP contribution in [0.5, 0.6) is 0 Å². The lowest BCUT2D eigenvalue weighted by Crippen LogP contribution is -2.30. The van der Waals surface area contributed by atoms with Gasteiger partial charge in [-0.2, -0.15) is 5.10 Å². The molecule has 3 aromatic rings. The smallest absolute Gasteiger partial charge is 0.0931 e. The van der Waals surface area contributed by atoms with Crippen LogP contribution >= 0.6 is 0 Å². The molecule has 1 aliphatic rings. The fourth-order valence-electron chi connectivity index (χ4n) is 4.61. The highest BCUT2D eigenvalue weighted by molar-refractivity contribution is 5.68. The van der Waals surface area contributed by atoms with Crippen LogP contribution in [0.15, 0.2) is 42.5 Å². The van der Waals surface area contributed by atoms with Crippen molar-refractivity contribution in [3.8, 4) is 11.3 Å². The van der Waals surface area contributed by atoms with E-state index < -0.39 is 0 Å². The Morgan fingerprint density at radius 1 is 0.964 bits per heavy atom. The first-order valence-corrected chi connectivity index (χ1v) is 10.5. The van der Waals surface area contributed by atoms with Crippen molar-refractivity contribution in [2.24, 2.45) is 0 Å². The Morgan fingerprint density at radius 3 is 2.39 bits per heavy atom. The molecule has 0 spiro atoms. The van der Waals surface area contributed by atoms with Crippen molar-refractivity contribution in [3.05, 3.63) is 76.0 Å². The Balaban J connectivity index is 1.63. The van der Waals surface area contributed by atoms with Crippen LogP contribution in [0.4, 0.5) is 0 Å². The first-order chi connectivity index (χ1) is 13.5. The normalized spacial score (nSPS) is 14.3. The van der Waals surface area contributed by atoms with E-state index in [4.69, 9.17) is 5.10 Å². The van der Waals surface area contributed by atoms with Gasteiger partial charge < -0.3 is 0 Å². The van der Waals surface area contributed by atoms with Gasteiger partial charge in [-0.25, -0.2) is 0 Å². The number of hydrogen-bond donors (Lipinski definition) is 0. The van der Waals surface area contributed by atoms with Gasteiger partial charge >= 0.3 is 0 Å². The number of aryl methyl sites for hydroxylation is 4. The summed E-state index contributed by atoms with van der Waals surface area (Å²) in [5.41, 5.74) is 10.7. The number of rotatable bonds is 5. The molecular weight excluding hydrogens is 342 g/mol. The number of nitrogens with zero attached hydrogens (tertiary/aromatic N) is 3. The van der Waals surface area contributed by atoms with Gasteiger partial charge in [0.05, 0.1) is 11.4 Å². The van der Waals surface area contributed by atoms with Crippen molar-refractivity contribution in [2.75, 3.05) is 6.54 Å². The summed E-state index contributed by atoms with van der Waals surface area (Å²) >= 11 is 0. The summed E-state index contributed by atoms with van der Waals surface area (Å²) in [5, 5.41) is 5.02. The second kappa shape index (κ2) is 7.92. The Bertz CT molecular complexity index is 960. The van der Waals surface area contributed by atoms with Crippen molar-refractivity contribution in [1.29, 1.82) is 0 Å². The van der Waals surface area contributed by atoms with E-state index in [9.17, 15) is 0 Å². The Hall–Kier alpha value is -2.39. The highest BCUT2D eigenvalue weighted by Crippen LogP contribution is 2.29. The highest BCUT2D eigenvalue weighted by atomic mass is 15.3. The molecule has 0 unspecified atom stereocenters. The molecule has 0 amide bonds. The fourth-order valence-corrected chi connectivity index (χ4v) is 4.61. The fraction of sp³-hybridized carbons (Fsp3) is 0.400. The highest BCUT2D eigenvalue weighted by Gasteiger charge is 2.19. The van der Waals surface area contributed by atoms with E-state index in [0.717, 1.165) is 44.7 Å². The quantitative estimate of drug-likeness (QED) is 0.593. The molecule has 0 fully saturated rings. The molecule has 3 heteroatoms. The van der Waals surface area contributed by atoms with Gasteiger partial charge in [0.25, 0.3) is 0 Å². The summed E-state index contributed by atoms with van der Waals surface area (Å²) in [6, 6.07) is 15.7. The summed E-state index contributed by atoms with van der Waals surface area (Å²) in [5.74, 6) is 0. The number of aromatic nitrogens is 2. The second-order valence-electron chi connectivity index (χ2n) is 8.25. The van der Waals surface area contributed by atoms with Gasteiger partial charge in [0.2, 0.25) is 0 Å². The van der Waals surface area contributed by atoms with E-state index in [0.29, 0.717) is 0 Å². The van der Waals surface area contributed by atoms with Crippen molar-refractivity contribution >= 4 is 0 Å². The van der Waals surface area contributed by atoms with Crippen molar-refractivity contribution in [1.82, 2.24) is 14.7 Å². The van der Waals surface area contributed by atoms with Gasteiger partial charge in [-0.05, 0) is 61.9 Å². The van der Waals surface area contributed by atoms with Crippen LogP contribution in [0, 0.1) is 20.8 Å². The molecule has 0 radical (unpaired) electrons. The van der Waals surface area contributed by atoms with Crippen molar-refractivity contribution in [3.63, 3.8) is 0 Å². The summed E-state index contributed by atoms with van der Waals surface area (Å²) in [4.78, 5) is 2.56. The molecule has 146 valence electrons. The molecule has 0 saturated heterocycles. The first kappa shape index (κ1) is 18.9. The lowest BCUT2D eigenvalue weighted by Gasteiger charge is -2.28. The molecule has 1 aliphatic heterocycles. The molecule has 28 heavy (non-hydrogen) atoms. The average molecular weight is 374 g/mol. The molecule has 4 rings (SSSR count). The molecule has 1 aromatic heterocycles. The predicted molar refractivity (Wildman–Crippen MR) is 116 cm³/mol. The van der Waals surface area contributed by atoms with Crippen LogP contribution in [0.1, 0.15) is 46.9 Å². The van der Waals surface area contributed by atoms with Crippen LogP contribution in [-0.4, -0.2) is 21.2 Å². The molecule has 2 heterocycles. The van der Waals surface area contributed by atoms with E-state index in [1.54, 1.807) is 0 Å². The summed E-state index contributed by atoms with van der Waals surface area (Å²) in [6.45, 7) is 12.9. The predicted octanol–water partition coefficient (Wildman–Crippen LogP) is 5.44. The maximum absolute atomic E-state index is 5.02.